The molecule has 0 fully saturated rings. The number of hydrogen-bond acceptors (Lipinski definition) is 7. The Kier molecular flexibility index (Phi) is 8.26. The van der Waals surface area contributed by atoms with Crippen LogP contribution < -0.4 is 26.4 Å². The Bertz CT molecular complexity index is 1500. The fourth-order valence-corrected chi connectivity index (χ4v) is 5.01. The van der Waals surface area contributed by atoms with Crippen molar-refractivity contribution in [3.05, 3.63) is 106 Å². The molecule has 4 rings (SSSR count). The van der Waals surface area contributed by atoms with Crippen LogP contribution in [0.3, 0.4) is 0 Å². The van der Waals surface area contributed by atoms with Crippen LogP contribution in [0.1, 0.15) is 48.5 Å². The number of ether oxygens (including phenoxy) is 1. The van der Waals surface area contributed by atoms with Gasteiger partial charge >= 0.3 is 0 Å². The number of rotatable bonds is 9. The number of nitrogens with one attached hydrogen (secondary N) is 1. The molecule has 3 amide bonds. The molecule has 1 heterocycles. The summed E-state index contributed by atoms with van der Waals surface area (Å²) in [6, 6.07) is 20.9. The number of amides is 3. The van der Waals surface area contributed by atoms with E-state index in [9.17, 15) is 14.4 Å². The second kappa shape index (κ2) is 11.8. The Labute approximate surface area is 230 Å². The lowest BCUT2D eigenvalue weighted by Crippen LogP contribution is -2.44. The van der Waals surface area contributed by atoms with Gasteiger partial charge in [0, 0.05) is 12.2 Å². The minimum atomic E-state index is -1.09. The quantitative estimate of drug-likeness (QED) is 0.290. The Balaban J connectivity index is 1.86. The predicted molar refractivity (Wildman–Crippen MR) is 152 cm³/mol. The van der Waals surface area contributed by atoms with Crippen LogP contribution in [0, 0.1) is 13.8 Å². The van der Waals surface area contributed by atoms with Crippen molar-refractivity contribution in [2.75, 3.05) is 17.7 Å². The van der Waals surface area contributed by atoms with Crippen molar-refractivity contribution in [3.8, 4) is 5.75 Å². The van der Waals surface area contributed by atoms with E-state index in [-0.39, 0.29) is 22.8 Å². The van der Waals surface area contributed by atoms with Crippen LogP contribution in [0.2, 0.25) is 0 Å². The van der Waals surface area contributed by atoms with Gasteiger partial charge in [0.05, 0.1) is 12.8 Å². The van der Waals surface area contributed by atoms with E-state index < -0.39 is 23.8 Å². The molecule has 0 saturated carbocycles. The van der Waals surface area contributed by atoms with Gasteiger partial charge in [-0.25, -0.2) is 0 Å². The number of aromatic nitrogens is 1. The number of methoxy groups -OCH3 is 1. The molecule has 39 heavy (non-hydrogen) atoms. The standard InChI is InChI=1S/C29H29N5O4S/c1-17-9-14-22(18(2)15-17)34(29(37)26-23(30)24(27(31)35)33-39-26)25(20-10-12-21(38-3)13-11-20)28(36)32-16-19-7-5-4-6-8-19/h4-15,25H,16,30H2,1-3H3,(H2,31,35)(H,32,36)/t25-/m0/s1. The number of nitrogens with two attached hydrogens (primary N) is 2. The van der Waals surface area contributed by atoms with E-state index in [4.69, 9.17) is 16.2 Å². The van der Waals surface area contributed by atoms with E-state index >= 15 is 0 Å². The molecule has 0 aliphatic heterocycles. The first kappa shape index (κ1) is 27.3. The monoisotopic (exact) mass is 543 g/mol. The van der Waals surface area contributed by atoms with Crippen molar-refractivity contribution < 1.29 is 19.1 Å². The fourth-order valence-electron chi connectivity index (χ4n) is 4.27. The predicted octanol–water partition coefficient (Wildman–Crippen LogP) is 4.15. The maximum Gasteiger partial charge on any atom is 0.273 e. The molecule has 4 aromatic rings. The van der Waals surface area contributed by atoms with Crippen LogP contribution in [0.25, 0.3) is 0 Å². The zero-order chi connectivity index (χ0) is 28.1. The van der Waals surface area contributed by atoms with Gasteiger partial charge in [0.15, 0.2) is 5.69 Å². The summed E-state index contributed by atoms with van der Waals surface area (Å²) in [5.41, 5.74) is 15.0. The van der Waals surface area contributed by atoms with E-state index in [1.807, 2.05) is 56.3 Å². The van der Waals surface area contributed by atoms with Crippen LogP contribution in [0.15, 0.2) is 72.8 Å². The number of nitrogens with zero attached hydrogens (tertiary/aromatic N) is 2. The van der Waals surface area contributed by atoms with Gasteiger partial charge in [-0.1, -0.05) is 60.2 Å². The summed E-state index contributed by atoms with van der Waals surface area (Å²) in [6.07, 6.45) is 0. The van der Waals surface area contributed by atoms with Gasteiger partial charge in [-0.05, 0) is 60.3 Å². The minimum Gasteiger partial charge on any atom is -0.497 e. The third-order valence-corrected chi connectivity index (χ3v) is 7.08. The maximum atomic E-state index is 14.2. The molecule has 1 atom stereocenters. The fraction of sp³-hybridized carbons (Fsp3) is 0.172. The molecule has 0 aliphatic rings. The van der Waals surface area contributed by atoms with Gasteiger partial charge in [0.25, 0.3) is 11.8 Å². The molecular weight excluding hydrogens is 514 g/mol. The Morgan fingerprint density at radius 2 is 1.72 bits per heavy atom. The summed E-state index contributed by atoms with van der Waals surface area (Å²) in [4.78, 5) is 41.4. The summed E-state index contributed by atoms with van der Waals surface area (Å²) in [6.45, 7) is 4.06. The Morgan fingerprint density at radius 1 is 1.03 bits per heavy atom. The van der Waals surface area contributed by atoms with E-state index in [2.05, 4.69) is 9.69 Å². The van der Waals surface area contributed by atoms with Gasteiger partial charge in [-0.2, -0.15) is 4.37 Å². The van der Waals surface area contributed by atoms with Crippen molar-refractivity contribution in [1.29, 1.82) is 0 Å². The molecule has 0 aliphatic carbocycles. The summed E-state index contributed by atoms with van der Waals surface area (Å²) in [7, 11) is 1.55. The average molecular weight is 544 g/mol. The van der Waals surface area contributed by atoms with Gasteiger partial charge < -0.3 is 21.5 Å². The number of benzene rings is 3. The highest BCUT2D eigenvalue weighted by Crippen LogP contribution is 2.35. The molecule has 0 bridgehead atoms. The summed E-state index contributed by atoms with van der Waals surface area (Å²) < 4.78 is 9.30. The highest BCUT2D eigenvalue weighted by atomic mass is 32.1. The number of nitrogen functional groups attached to an aromatic ring is 1. The number of carbonyl (C=O) groups is 3. The van der Waals surface area contributed by atoms with E-state index in [0.717, 1.165) is 28.2 Å². The summed E-state index contributed by atoms with van der Waals surface area (Å²) in [5, 5.41) is 2.97. The molecule has 0 unspecified atom stereocenters. The first-order valence-electron chi connectivity index (χ1n) is 12.1. The molecule has 0 spiro atoms. The molecule has 3 aromatic carbocycles. The van der Waals surface area contributed by atoms with Crippen LogP contribution >= 0.6 is 11.5 Å². The first-order valence-corrected chi connectivity index (χ1v) is 12.9. The normalized spacial score (nSPS) is 11.5. The number of anilines is 2. The first-order chi connectivity index (χ1) is 18.7. The third kappa shape index (κ3) is 5.91. The maximum absolute atomic E-state index is 14.2. The largest absolute Gasteiger partial charge is 0.497 e. The van der Waals surface area contributed by atoms with Crippen LogP contribution in [-0.2, 0) is 11.3 Å². The summed E-state index contributed by atoms with van der Waals surface area (Å²) in [5.74, 6) is -1.23. The van der Waals surface area contributed by atoms with Crippen LogP contribution in [0.4, 0.5) is 11.4 Å². The van der Waals surface area contributed by atoms with E-state index in [1.165, 1.54) is 4.90 Å². The zero-order valence-corrected chi connectivity index (χ0v) is 22.6. The molecule has 1 aromatic heterocycles. The number of primary amides is 1. The molecule has 5 N–H and O–H groups in total. The van der Waals surface area contributed by atoms with E-state index in [0.29, 0.717) is 17.0 Å². The second-order valence-electron chi connectivity index (χ2n) is 8.98. The number of carbonyl (C=O) groups excluding carboxylic acids is 3. The SMILES string of the molecule is COc1ccc([C@@H](C(=O)NCc2ccccc2)N(C(=O)c2snc(C(N)=O)c2N)c2ccc(C)cc2C)cc1. The lowest BCUT2D eigenvalue weighted by atomic mass is 10.00. The van der Waals surface area contributed by atoms with E-state index in [1.54, 1.807) is 37.4 Å². The number of aryl methyl sites for hydroxylation is 2. The lowest BCUT2D eigenvalue weighted by molar-refractivity contribution is -0.122. The van der Waals surface area contributed by atoms with Crippen LogP contribution in [-0.4, -0.2) is 29.2 Å². The Morgan fingerprint density at radius 3 is 2.31 bits per heavy atom. The van der Waals surface area contributed by atoms with Crippen molar-refractivity contribution in [1.82, 2.24) is 9.69 Å². The third-order valence-electron chi connectivity index (χ3n) is 6.23. The van der Waals surface area contributed by atoms with Gasteiger partial charge in [-0.15, -0.1) is 0 Å². The average Bonchev–Trinajstić information content (AvgIpc) is 3.32. The summed E-state index contributed by atoms with van der Waals surface area (Å²) >= 11 is 0.766. The van der Waals surface area contributed by atoms with Crippen molar-refractivity contribution >= 4 is 40.6 Å². The highest BCUT2D eigenvalue weighted by Gasteiger charge is 2.36. The van der Waals surface area contributed by atoms with Gasteiger partial charge in [-0.3, -0.25) is 19.3 Å². The minimum absolute atomic E-state index is 0.0122. The van der Waals surface area contributed by atoms with Crippen LogP contribution in [0.5, 0.6) is 5.75 Å². The van der Waals surface area contributed by atoms with Crippen molar-refractivity contribution in [2.45, 2.75) is 26.4 Å². The molecule has 9 nitrogen and oxygen atoms in total. The molecule has 0 saturated heterocycles. The van der Waals surface area contributed by atoms with Gasteiger partial charge in [0.2, 0.25) is 5.91 Å². The van der Waals surface area contributed by atoms with Gasteiger partial charge in [0.1, 0.15) is 16.7 Å². The smallest absolute Gasteiger partial charge is 0.273 e. The molecule has 10 heteroatoms. The topological polar surface area (TPSA) is 141 Å². The molecule has 200 valence electrons. The number of hydrogen-bond donors (Lipinski definition) is 3. The molecule has 0 radical (unpaired) electrons. The second-order valence-corrected chi connectivity index (χ2v) is 9.76. The van der Waals surface area contributed by atoms with Crippen molar-refractivity contribution in [2.24, 2.45) is 5.73 Å². The molecular formula is C29H29N5O4S. The highest BCUT2D eigenvalue weighted by molar-refractivity contribution is 7.09. The van der Waals surface area contributed by atoms with Crippen molar-refractivity contribution in [3.63, 3.8) is 0 Å². The zero-order valence-electron chi connectivity index (χ0n) is 21.8. The lowest BCUT2D eigenvalue weighted by Gasteiger charge is -2.32. The Hall–Kier alpha value is -4.70.